The highest BCUT2D eigenvalue weighted by Gasteiger charge is 2.28. The fourth-order valence-electron chi connectivity index (χ4n) is 4.05. The van der Waals surface area contributed by atoms with Crippen LogP contribution >= 0.6 is 11.3 Å². The van der Waals surface area contributed by atoms with Crippen LogP contribution in [0.3, 0.4) is 0 Å². The van der Waals surface area contributed by atoms with Crippen molar-refractivity contribution in [3.8, 4) is 28.5 Å². The number of amides is 1. The van der Waals surface area contributed by atoms with Crippen LogP contribution in [0.25, 0.3) is 11.3 Å². The van der Waals surface area contributed by atoms with E-state index in [1.807, 2.05) is 35.7 Å². The lowest BCUT2D eigenvalue weighted by atomic mass is 10.0. The summed E-state index contributed by atoms with van der Waals surface area (Å²) in [5.74, 6) is 2.15. The van der Waals surface area contributed by atoms with E-state index in [1.165, 1.54) is 16.9 Å². The first kappa shape index (κ1) is 22.1. The van der Waals surface area contributed by atoms with Gasteiger partial charge in [0.05, 0.1) is 33.6 Å². The number of hydrogen-bond donors (Lipinski definition) is 1. The van der Waals surface area contributed by atoms with E-state index in [0.29, 0.717) is 23.2 Å². The molecule has 1 aromatic heterocycles. The molecule has 1 amide bonds. The average molecular weight is 454 g/mol. The zero-order chi connectivity index (χ0) is 22.5. The summed E-state index contributed by atoms with van der Waals surface area (Å²) in [5, 5.41) is 5.43. The molecule has 32 heavy (non-hydrogen) atoms. The summed E-state index contributed by atoms with van der Waals surface area (Å²) in [6.07, 6.45) is 2.09. The van der Waals surface area contributed by atoms with Gasteiger partial charge in [0.25, 0.3) is 0 Å². The molecule has 4 rings (SSSR count). The van der Waals surface area contributed by atoms with Gasteiger partial charge in [-0.15, -0.1) is 11.3 Å². The Morgan fingerprint density at radius 2 is 1.94 bits per heavy atom. The van der Waals surface area contributed by atoms with E-state index in [1.54, 1.807) is 21.3 Å². The van der Waals surface area contributed by atoms with Crippen molar-refractivity contribution >= 4 is 22.4 Å². The molecule has 1 N–H and O–H groups in total. The van der Waals surface area contributed by atoms with Crippen molar-refractivity contribution in [2.45, 2.75) is 18.9 Å². The lowest BCUT2D eigenvalue weighted by Crippen LogP contribution is -2.32. The molecule has 2 aromatic carbocycles. The van der Waals surface area contributed by atoms with Crippen LogP contribution in [-0.2, 0) is 4.79 Å². The Balaban J connectivity index is 1.42. The SMILES string of the molecule is COc1cccc(C2CCCN2CC(=O)Nc2nc(-c3ccc(OC)cc3OC)cs2)c1. The fourth-order valence-corrected chi connectivity index (χ4v) is 4.78. The number of thiazole rings is 1. The molecule has 2 heterocycles. The van der Waals surface area contributed by atoms with Crippen molar-refractivity contribution in [2.24, 2.45) is 0 Å². The third kappa shape index (κ3) is 4.87. The van der Waals surface area contributed by atoms with Crippen molar-refractivity contribution in [3.63, 3.8) is 0 Å². The van der Waals surface area contributed by atoms with E-state index in [9.17, 15) is 4.79 Å². The Bertz CT molecular complexity index is 1080. The van der Waals surface area contributed by atoms with E-state index < -0.39 is 0 Å². The minimum absolute atomic E-state index is 0.0672. The number of carbonyl (C=O) groups is 1. The summed E-state index contributed by atoms with van der Waals surface area (Å²) in [6.45, 7) is 1.21. The van der Waals surface area contributed by atoms with Gasteiger partial charge in [-0.2, -0.15) is 0 Å². The first-order chi connectivity index (χ1) is 15.6. The maximum Gasteiger partial charge on any atom is 0.240 e. The molecule has 1 fully saturated rings. The summed E-state index contributed by atoms with van der Waals surface area (Å²) in [7, 11) is 4.90. The normalized spacial score (nSPS) is 16.0. The van der Waals surface area contributed by atoms with Gasteiger partial charge in [0.2, 0.25) is 5.91 Å². The van der Waals surface area contributed by atoms with E-state index in [2.05, 4.69) is 27.3 Å². The molecule has 1 saturated heterocycles. The fraction of sp³-hybridized carbons (Fsp3) is 0.333. The molecular weight excluding hydrogens is 426 g/mol. The number of nitrogens with one attached hydrogen (secondary N) is 1. The number of anilines is 1. The molecule has 3 aromatic rings. The first-order valence-electron chi connectivity index (χ1n) is 10.5. The van der Waals surface area contributed by atoms with Crippen LogP contribution in [0, 0.1) is 0 Å². The molecule has 1 unspecified atom stereocenters. The van der Waals surface area contributed by atoms with Crippen molar-refractivity contribution in [1.29, 1.82) is 0 Å². The third-order valence-corrected chi connectivity index (χ3v) is 6.38. The van der Waals surface area contributed by atoms with E-state index >= 15 is 0 Å². The Hall–Kier alpha value is -3.10. The summed E-state index contributed by atoms with van der Waals surface area (Å²) in [4.78, 5) is 19.6. The van der Waals surface area contributed by atoms with Gasteiger partial charge in [-0.3, -0.25) is 9.69 Å². The summed E-state index contributed by atoms with van der Waals surface area (Å²) >= 11 is 1.40. The van der Waals surface area contributed by atoms with Crippen LogP contribution in [0.1, 0.15) is 24.4 Å². The Labute approximate surface area is 191 Å². The molecule has 1 aliphatic heterocycles. The molecule has 8 heteroatoms. The van der Waals surface area contributed by atoms with Gasteiger partial charge in [-0.25, -0.2) is 4.98 Å². The topological polar surface area (TPSA) is 72.9 Å². The molecule has 7 nitrogen and oxygen atoms in total. The quantitative estimate of drug-likeness (QED) is 0.537. The Kier molecular flexibility index (Phi) is 6.92. The number of likely N-dealkylation sites (tertiary alicyclic amines) is 1. The molecule has 1 atom stereocenters. The highest BCUT2D eigenvalue weighted by molar-refractivity contribution is 7.14. The molecule has 1 aliphatic rings. The summed E-state index contributed by atoms with van der Waals surface area (Å²) in [6, 6.07) is 13.9. The zero-order valence-electron chi connectivity index (χ0n) is 18.5. The second-order valence-corrected chi connectivity index (χ2v) is 8.42. The van der Waals surface area contributed by atoms with Gasteiger partial charge >= 0.3 is 0 Å². The molecule has 0 aliphatic carbocycles. The van der Waals surface area contributed by atoms with Crippen LogP contribution in [0.5, 0.6) is 17.2 Å². The maximum absolute atomic E-state index is 12.8. The second-order valence-electron chi connectivity index (χ2n) is 7.56. The lowest BCUT2D eigenvalue weighted by molar-refractivity contribution is -0.117. The number of ether oxygens (including phenoxy) is 3. The lowest BCUT2D eigenvalue weighted by Gasteiger charge is -2.24. The molecular formula is C24H27N3O4S. The molecule has 0 bridgehead atoms. The number of carbonyl (C=O) groups excluding carboxylic acids is 1. The number of methoxy groups -OCH3 is 3. The predicted molar refractivity (Wildman–Crippen MR) is 126 cm³/mol. The average Bonchev–Trinajstić information content (AvgIpc) is 3.48. The van der Waals surface area contributed by atoms with Gasteiger partial charge in [-0.1, -0.05) is 12.1 Å². The highest BCUT2D eigenvalue weighted by Crippen LogP contribution is 2.35. The van der Waals surface area contributed by atoms with Gasteiger partial charge in [0.1, 0.15) is 17.2 Å². The third-order valence-electron chi connectivity index (χ3n) is 5.62. The number of nitrogens with zero attached hydrogens (tertiary/aromatic N) is 2. The van der Waals surface area contributed by atoms with Crippen molar-refractivity contribution in [1.82, 2.24) is 9.88 Å². The van der Waals surface area contributed by atoms with Gasteiger partial charge < -0.3 is 19.5 Å². The van der Waals surface area contributed by atoms with Crippen molar-refractivity contribution in [3.05, 3.63) is 53.4 Å². The molecule has 168 valence electrons. The van der Waals surface area contributed by atoms with Crippen molar-refractivity contribution in [2.75, 3.05) is 39.7 Å². The van der Waals surface area contributed by atoms with Gasteiger partial charge in [0, 0.05) is 23.1 Å². The van der Waals surface area contributed by atoms with Crippen LogP contribution < -0.4 is 19.5 Å². The molecule has 0 radical (unpaired) electrons. The first-order valence-corrected chi connectivity index (χ1v) is 11.3. The number of hydrogen-bond acceptors (Lipinski definition) is 7. The van der Waals surface area contributed by atoms with Gasteiger partial charge in [0.15, 0.2) is 5.13 Å². The molecule has 0 saturated carbocycles. The number of aromatic nitrogens is 1. The van der Waals surface area contributed by atoms with Crippen molar-refractivity contribution < 1.29 is 19.0 Å². The van der Waals surface area contributed by atoms with Crippen LogP contribution in [0.2, 0.25) is 0 Å². The Morgan fingerprint density at radius 1 is 1.12 bits per heavy atom. The monoisotopic (exact) mass is 453 g/mol. The van der Waals surface area contributed by atoms with Crippen LogP contribution in [0.4, 0.5) is 5.13 Å². The van der Waals surface area contributed by atoms with Crippen LogP contribution in [-0.4, -0.2) is 50.2 Å². The number of rotatable bonds is 8. The summed E-state index contributed by atoms with van der Waals surface area (Å²) < 4.78 is 16.1. The smallest absolute Gasteiger partial charge is 0.240 e. The van der Waals surface area contributed by atoms with E-state index in [4.69, 9.17) is 14.2 Å². The van der Waals surface area contributed by atoms with E-state index in [0.717, 1.165) is 36.4 Å². The Morgan fingerprint density at radius 3 is 2.72 bits per heavy atom. The van der Waals surface area contributed by atoms with Gasteiger partial charge in [-0.05, 0) is 49.2 Å². The minimum atomic E-state index is -0.0672. The van der Waals surface area contributed by atoms with E-state index in [-0.39, 0.29) is 11.9 Å². The zero-order valence-corrected chi connectivity index (χ0v) is 19.3. The highest BCUT2D eigenvalue weighted by atomic mass is 32.1. The maximum atomic E-state index is 12.8. The minimum Gasteiger partial charge on any atom is -0.497 e. The summed E-state index contributed by atoms with van der Waals surface area (Å²) in [5.41, 5.74) is 2.78. The number of benzene rings is 2. The molecule has 0 spiro atoms. The second kappa shape index (κ2) is 10.0. The predicted octanol–water partition coefficient (Wildman–Crippen LogP) is 4.61. The standard InChI is InChI=1S/C24H27N3O4S/c1-29-17-7-4-6-16(12-17)21-8-5-11-27(21)14-23(28)26-24-25-20(15-32-24)19-10-9-18(30-2)13-22(19)31-3/h4,6-7,9-10,12-13,15,21H,5,8,11,14H2,1-3H3,(H,25,26,28). The largest absolute Gasteiger partial charge is 0.497 e. The van der Waals surface area contributed by atoms with Crippen LogP contribution in [0.15, 0.2) is 47.8 Å².